The second-order valence-corrected chi connectivity index (χ2v) is 2.10. The molecule has 0 heterocycles. The molecule has 12 heavy (non-hydrogen) atoms. The van der Waals surface area contributed by atoms with Gasteiger partial charge in [0.2, 0.25) is 0 Å². The Morgan fingerprint density at radius 3 is 2.83 bits per heavy atom. The van der Waals surface area contributed by atoms with Crippen molar-refractivity contribution in [3.05, 3.63) is 23.8 Å². The van der Waals surface area contributed by atoms with Gasteiger partial charge in [-0.2, -0.15) is 5.26 Å². The van der Waals surface area contributed by atoms with Crippen LogP contribution < -0.4 is 0 Å². The van der Waals surface area contributed by atoms with Crippen LogP contribution in [0.5, 0.6) is 0 Å². The summed E-state index contributed by atoms with van der Waals surface area (Å²) in [5.74, 6) is -0.377. The number of nitriles is 1. The SMILES string of the molecule is CCOC(=O)C=C(C)C=CC#N. The minimum Gasteiger partial charge on any atom is -0.463 e. The predicted molar refractivity (Wildman–Crippen MR) is 45.1 cm³/mol. The van der Waals surface area contributed by atoms with Gasteiger partial charge in [0.1, 0.15) is 0 Å². The summed E-state index contributed by atoms with van der Waals surface area (Å²) in [6.45, 7) is 3.83. The molecule has 0 aromatic carbocycles. The van der Waals surface area contributed by atoms with Gasteiger partial charge in [0.05, 0.1) is 12.7 Å². The van der Waals surface area contributed by atoms with E-state index in [0.29, 0.717) is 12.2 Å². The highest BCUT2D eigenvalue weighted by Gasteiger charge is 1.94. The lowest BCUT2D eigenvalue weighted by atomic mass is 10.2. The fraction of sp³-hybridized carbons (Fsp3) is 0.333. The number of carbonyl (C=O) groups is 1. The van der Waals surface area contributed by atoms with Crippen LogP contribution in [-0.4, -0.2) is 12.6 Å². The molecule has 0 spiro atoms. The highest BCUT2D eigenvalue weighted by atomic mass is 16.5. The van der Waals surface area contributed by atoms with Crippen molar-refractivity contribution in [1.29, 1.82) is 5.26 Å². The highest BCUT2D eigenvalue weighted by molar-refractivity contribution is 5.83. The molecular formula is C9H11NO2. The Bertz CT molecular complexity index is 246. The third-order valence-electron chi connectivity index (χ3n) is 1.05. The molecule has 0 saturated heterocycles. The first-order valence-electron chi connectivity index (χ1n) is 3.62. The van der Waals surface area contributed by atoms with E-state index in [1.165, 1.54) is 12.2 Å². The van der Waals surface area contributed by atoms with Crippen LogP contribution in [0.15, 0.2) is 23.8 Å². The molecular weight excluding hydrogens is 154 g/mol. The smallest absolute Gasteiger partial charge is 0.330 e. The molecule has 0 aromatic heterocycles. The standard InChI is InChI=1S/C9H11NO2/c1-3-12-9(11)7-8(2)5-4-6-10/h4-5,7H,3H2,1-2H3. The molecule has 0 rings (SSSR count). The van der Waals surface area contributed by atoms with Gasteiger partial charge >= 0.3 is 5.97 Å². The second-order valence-electron chi connectivity index (χ2n) is 2.10. The summed E-state index contributed by atoms with van der Waals surface area (Å²) in [7, 11) is 0. The van der Waals surface area contributed by atoms with E-state index in [2.05, 4.69) is 4.74 Å². The van der Waals surface area contributed by atoms with Crippen molar-refractivity contribution in [2.45, 2.75) is 13.8 Å². The van der Waals surface area contributed by atoms with E-state index in [-0.39, 0.29) is 5.97 Å². The van der Waals surface area contributed by atoms with Crippen molar-refractivity contribution in [3.8, 4) is 6.07 Å². The van der Waals surface area contributed by atoms with E-state index in [9.17, 15) is 4.79 Å². The van der Waals surface area contributed by atoms with Crippen LogP contribution in [0.2, 0.25) is 0 Å². The van der Waals surface area contributed by atoms with Crippen molar-refractivity contribution in [2.75, 3.05) is 6.61 Å². The number of hydrogen-bond donors (Lipinski definition) is 0. The van der Waals surface area contributed by atoms with Crippen molar-refractivity contribution < 1.29 is 9.53 Å². The first-order chi connectivity index (χ1) is 5.70. The summed E-state index contributed by atoms with van der Waals surface area (Å²) in [6, 6.07) is 1.83. The van der Waals surface area contributed by atoms with Gasteiger partial charge in [0, 0.05) is 12.2 Å². The molecule has 0 bridgehead atoms. The maximum Gasteiger partial charge on any atom is 0.330 e. The Labute approximate surface area is 71.9 Å². The van der Waals surface area contributed by atoms with Gasteiger partial charge in [-0.3, -0.25) is 0 Å². The van der Waals surface area contributed by atoms with Crippen LogP contribution >= 0.6 is 0 Å². The van der Waals surface area contributed by atoms with Crippen LogP contribution in [0.3, 0.4) is 0 Å². The molecule has 0 aromatic rings. The Morgan fingerprint density at radius 2 is 2.33 bits per heavy atom. The molecule has 0 radical (unpaired) electrons. The van der Waals surface area contributed by atoms with Crippen LogP contribution in [0.1, 0.15) is 13.8 Å². The third kappa shape index (κ3) is 5.24. The zero-order chi connectivity index (χ0) is 9.40. The van der Waals surface area contributed by atoms with E-state index in [4.69, 9.17) is 5.26 Å². The number of allylic oxidation sites excluding steroid dienone is 3. The molecule has 0 aliphatic heterocycles. The monoisotopic (exact) mass is 165 g/mol. The van der Waals surface area contributed by atoms with E-state index in [0.717, 1.165) is 0 Å². The lowest BCUT2D eigenvalue weighted by molar-refractivity contribution is -0.137. The van der Waals surface area contributed by atoms with Gasteiger partial charge in [-0.1, -0.05) is 0 Å². The average Bonchev–Trinajstić information content (AvgIpc) is 2.01. The molecule has 0 amide bonds. The molecule has 0 unspecified atom stereocenters. The topological polar surface area (TPSA) is 50.1 Å². The van der Waals surface area contributed by atoms with Crippen molar-refractivity contribution in [1.82, 2.24) is 0 Å². The quantitative estimate of drug-likeness (QED) is 0.276. The predicted octanol–water partition coefficient (Wildman–Crippen LogP) is 1.58. The Morgan fingerprint density at radius 1 is 1.67 bits per heavy atom. The summed E-state index contributed by atoms with van der Waals surface area (Å²) in [5, 5.41) is 8.17. The average molecular weight is 165 g/mol. The normalized spacial score (nSPS) is 11.2. The number of ether oxygens (including phenoxy) is 1. The molecule has 0 atom stereocenters. The molecule has 0 saturated carbocycles. The Balaban J connectivity index is 4.08. The van der Waals surface area contributed by atoms with Gasteiger partial charge in [-0.05, 0) is 25.5 Å². The van der Waals surface area contributed by atoms with E-state index in [1.807, 2.05) is 6.07 Å². The van der Waals surface area contributed by atoms with E-state index < -0.39 is 0 Å². The fourth-order valence-corrected chi connectivity index (χ4v) is 0.587. The Hall–Kier alpha value is -1.56. The zero-order valence-electron chi connectivity index (χ0n) is 7.20. The summed E-state index contributed by atoms with van der Waals surface area (Å²) in [6.07, 6.45) is 4.21. The van der Waals surface area contributed by atoms with Gasteiger partial charge in [-0.15, -0.1) is 0 Å². The Kier molecular flexibility index (Phi) is 5.37. The van der Waals surface area contributed by atoms with Gasteiger partial charge in [0.25, 0.3) is 0 Å². The largest absolute Gasteiger partial charge is 0.463 e. The van der Waals surface area contributed by atoms with Crippen LogP contribution in [0.4, 0.5) is 0 Å². The third-order valence-corrected chi connectivity index (χ3v) is 1.05. The number of hydrogen-bond acceptors (Lipinski definition) is 3. The highest BCUT2D eigenvalue weighted by Crippen LogP contribution is 1.95. The van der Waals surface area contributed by atoms with E-state index in [1.54, 1.807) is 19.9 Å². The van der Waals surface area contributed by atoms with Crippen molar-refractivity contribution in [3.63, 3.8) is 0 Å². The minimum atomic E-state index is -0.377. The number of nitrogens with zero attached hydrogens (tertiary/aromatic N) is 1. The molecule has 0 aliphatic carbocycles. The molecule has 3 nitrogen and oxygen atoms in total. The summed E-state index contributed by atoms with van der Waals surface area (Å²) in [5.41, 5.74) is 0.704. The van der Waals surface area contributed by atoms with Crippen molar-refractivity contribution in [2.24, 2.45) is 0 Å². The van der Waals surface area contributed by atoms with Crippen molar-refractivity contribution >= 4 is 5.97 Å². The maximum absolute atomic E-state index is 10.8. The lowest BCUT2D eigenvalue weighted by Gasteiger charge is -1.95. The minimum absolute atomic E-state index is 0.366. The maximum atomic E-state index is 10.8. The number of rotatable bonds is 3. The summed E-state index contributed by atoms with van der Waals surface area (Å²) in [4.78, 5) is 10.8. The van der Waals surface area contributed by atoms with Gasteiger partial charge in [-0.25, -0.2) is 4.79 Å². The first-order valence-corrected chi connectivity index (χ1v) is 3.62. The molecule has 3 heteroatoms. The lowest BCUT2D eigenvalue weighted by Crippen LogP contribution is -1.99. The zero-order valence-corrected chi connectivity index (χ0v) is 7.20. The van der Waals surface area contributed by atoms with Crippen LogP contribution in [0, 0.1) is 11.3 Å². The fourth-order valence-electron chi connectivity index (χ4n) is 0.587. The summed E-state index contributed by atoms with van der Waals surface area (Å²) >= 11 is 0. The van der Waals surface area contributed by atoms with Gasteiger partial charge < -0.3 is 4.74 Å². The first kappa shape index (κ1) is 10.4. The number of esters is 1. The second kappa shape index (κ2) is 6.17. The number of carbonyl (C=O) groups excluding carboxylic acids is 1. The summed E-state index contributed by atoms with van der Waals surface area (Å²) < 4.78 is 4.66. The van der Waals surface area contributed by atoms with E-state index >= 15 is 0 Å². The van der Waals surface area contributed by atoms with Crippen LogP contribution in [-0.2, 0) is 9.53 Å². The molecule has 0 fully saturated rings. The molecule has 0 aliphatic rings. The van der Waals surface area contributed by atoms with Crippen LogP contribution in [0.25, 0.3) is 0 Å². The molecule has 64 valence electrons. The molecule has 0 N–H and O–H groups in total. The van der Waals surface area contributed by atoms with Gasteiger partial charge in [0.15, 0.2) is 0 Å².